The van der Waals surface area contributed by atoms with Gasteiger partial charge in [-0.2, -0.15) is 0 Å². The molecule has 0 aromatic heterocycles. The van der Waals surface area contributed by atoms with Crippen molar-refractivity contribution in [1.29, 1.82) is 0 Å². The minimum Gasteiger partial charge on any atom is -0.493 e. The first-order valence-electron chi connectivity index (χ1n) is 8.86. The van der Waals surface area contributed by atoms with Gasteiger partial charge in [0.25, 0.3) is 0 Å². The number of methoxy groups -OCH3 is 1. The molecule has 0 saturated heterocycles. The summed E-state index contributed by atoms with van der Waals surface area (Å²) in [5.41, 5.74) is 2.11. The normalized spacial score (nSPS) is 14.9. The Morgan fingerprint density at radius 1 is 1.15 bits per heavy atom. The fraction of sp³-hybridized carbons (Fsp3) is 0.318. The van der Waals surface area contributed by atoms with Gasteiger partial charge in [0.05, 0.1) is 19.3 Å². The molecule has 1 aliphatic heterocycles. The first-order valence-corrected chi connectivity index (χ1v) is 8.86. The molecule has 0 radical (unpaired) electrons. The Labute approximate surface area is 154 Å². The largest absolute Gasteiger partial charge is 0.493 e. The molecule has 0 fully saturated rings. The summed E-state index contributed by atoms with van der Waals surface area (Å²) in [5.74, 6) is 2.61. The molecule has 0 aliphatic carbocycles. The fourth-order valence-electron chi connectivity index (χ4n) is 2.78. The van der Waals surface area contributed by atoms with Crippen molar-refractivity contribution in [2.75, 3.05) is 20.3 Å². The number of carbonyl (C=O) groups excluding carboxylic acids is 1. The molecular weight excluding hydrogens is 328 g/mol. The van der Waals surface area contributed by atoms with Gasteiger partial charge in [-0.15, -0.1) is 0 Å². The van der Waals surface area contributed by atoms with Crippen molar-refractivity contribution < 1.29 is 19.0 Å². The highest BCUT2D eigenvalue weighted by molar-refractivity contribution is 6.14. The number of hydrogen-bond donors (Lipinski definition) is 0. The monoisotopic (exact) mass is 352 g/mol. The highest BCUT2D eigenvalue weighted by Crippen LogP contribution is 2.31. The van der Waals surface area contributed by atoms with E-state index < -0.39 is 0 Å². The Bertz CT molecular complexity index is 821. The van der Waals surface area contributed by atoms with E-state index in [2.05, 4.69) is 13.8 Å². The molecule has 0 amide bonds. The molecule has 4 nitrogen and oxygen atoms in total. The minimum absolute atomic E-state index is 0.00285. The second kappa shape index (κ2) is 8.09. The van der Waals surface area contributed by atoms with Gasteiger partial charge in [0, 0.05) is 5.57 Å². The third kappa shape index (κ3) is 4.07. The Morgan fingerprint density at radius 2 is 1.96 bits per heavy atom. The Balaban J connectivity index is 1.80. The molecule has 1 aliphatic rings. The lowest BCUT2D eigenvalue weighted by atomic mass is 9.98. The van der Waals surface area contributed by atoms with Gasteiger partial charge in [-0.25, -0.2) is 0 Å². The first kappa shape index (κ1) is 18.1. The summed E-state index contributed by atoms with van der Waals surface area (Å²) in [6, 6.07) is 13.0. The minimum atomic E-state index is 0.00285. The number of carbonyl (C=O) groups is 1. The predicted octanol–water partition coefficient (Wildman–Crippen LogP) is 4.78. The molecule has 0 spiro atoms. The SMILES string of the molecule is COc1cc(C=C2COc3ccccc3C2=O)ccc1OCCC(C)C. The standard InChI is InChI=1S/C22H24O4/c1-15(2)10-11-25-20-9-8-16(13-21(20)24-3)12-17-14-26-19-7-5-4-6-18(19)22(17)23/h4-9,12-13,15H,10-11,14H2,1-3H3. The fourth-order valence-corrected chi connectivity index (χ4v) is 2.78. The molecule has 2 aromatic rings. The van der Waals surface area contributed by atoms with Crippen LogP contribution in [-0.2, 0) is 0 Å². The van der Waals surface area contributed by atoms with Crippen LogP contribution in [0.15, 0.2) is 48.0 Å². The molecule has 26 heavy (non-hydrogen) atoms. The number of para-hydroxylation sites is 1. The van der Waals surface area contributed by atoms with E-state index >= 15 is 0 Å². The first-order chi connectivity index (χ1) is 12.6. The van der Waals surface area contributed by atoms with Gasteiger partial charge < -0.3 is 14.2 Å². The predicted molar refractivity (Wildman–Crippen MR) is 102 cm³/mol. The van der Waals surface area contributed by atoms with Gasteiger partial charge in [-0.3, -0.25) is 4.79 Å². The van der Waals surface area contributed by atoms with Crippen LogP contribution in [0.3, 0.4) is 0 Å². The zero-order chi connectivity index (χ0) is 18.5. The van der Waals surface area contributed by atoms with Gasteiger partial charge in [-0.1, -0.05) is 32.0 Å². The van der Waals surface area contributed by atoms with Crippen molar-refractivity contribution in [3.8, 4) is 17.2 Å². The number of ether oxygens (including phenoxy) is 3. The van der Waals surface area contributed by atoms with Gasteiger partial charge in [0.1, 0.15) is 12.4 Å². The topological polar surface area (TPSA) is 44.8 Å². The zero-order valence-electron chi connectivity index (χ0n) is 15.5. The number of fused-ring (bicyclic) bond motifs is 1. The van der Waals surface area contributed by atoms with Crippen molar-refractivity contribution in [3.63, 3.8) is 0 Å². The van der Waals surface area contributed by atoms with Crippen molar-refractivity contribution in [3.05, 3.63) is 59.2 Å². The van der Waals surface area contributed by atoms with E-state index in [1.807, 2.05) is 42.5 Å². The van der Waals surface area contributed by atoms with Gasteiger partial charge in [0.2, 0.25) is 0 Å². The van der Waals surface area contributed by atoms with E-state index in [0.717, 1.165) is 12.0 Å². The Morgan fingerprint density at radius 3 is 2.73 bits per heavy atom. The summed E-state index contributed by atoms with van der Waals surface area (Å²) in [5, 5.41) is 0. The van der Waals surface area contributed by atoms with E-state index in [-0.39, 0.29) is 12.4 Å². The van der Waals surface area contributed by atoms with E-state index in [9.17, 15) is 4.79 Å². The van der Waals surface area contributed by atoms with Crippen LogP contribution in [0.4, 0.5) is 0 Å². The number of ketones is 1. The zero-order valence-corrected chi connectivity index (χ0v) is 15.5. The average molecular weight is 352 g/mol. The van der Waals surface area contributed by atoms with Crippen molar-refractivity contribution >= 4 is 11.9 Å². The van der Waals surface area contributed by atoms with E-state index in [0.29, 0.717) is 40.9 Å². The molecular formula is C22H24O4. The second-order valence-electron chi connectivity index (χ2n) is 6.72. The third-order valence-electron chi connectivity index (χ3n) is 4.29. The number of benzene rings is 2. The van der Waals surface area contributed by atoms with Crippen LogP contribution in [0, 0.1) is 5.92 Å². The van der Waals surface area contributed by atoms with Gasteiger partial charge in [0.15, 0.2) is 17.3 Å². The van der Waals surface area contributed by atoms with Crippen molar-refractivity contribution in [1.82, 2.24) is 0 Å². The number of Topliss-reactive ketones (excluding diaryl/α,β-unsaturated/α-hetero) is 1. The van der Waals surface area contributed by atoms with Crippen LogP contribution in [0.5, 0.6) is 17.2 Å². The van der Waals surface area contributed by atoms with Crippen molar-refractivity contribution in [2.24, 2.45) is 5.92 Å². The Hall–Kier alpha value is -2.75. The highest BCUT2D eigenvalue weighted by Gasteiger charge is 2.22. The molecule has 3 rings (SSSR count). The lowest BCUT2D eigenvalue weighted by Crippen LogP contribution is -2.18. The quantitative estimate of drug-likeness (QED) is 0.702. The summed E-state index contributed by atoms with van der Waals surface area (Å²) in [4.78, 5) is 12.6. The highest BCUT2D eigenvalue weighted by atomic mass is 16.5. The van der Waals surface area contributed by atoms with Gasteiger partial charge in [-0.05, 0) is 48.2 Å². The van der Waals surface area contributed by atoms with Crippen LogP contribution in [0.25, 0.3) is 6.08 Å². The molecule has 4 heteroatoms. The van der Waals surface area contributed by atoms with Crippen molar-refractivity contribution in [2.45, 2.75) is 20.3 Å². The van der Waals surface area contributed by atoms with E-state index in [1.54, 1.807) is 13.2 Å². The smallest absolute Gasteiger partial charge is 0.196 e. The molecule has 0 bridgehead atoms. The summed E-state index contributed by atoms with van der Waals surface area (Å²) < 4.78 is 16.9. The molecule has 136 valence electrons. The summed E-state index contributed by atoms with van der Waals surface area (Å²) in [7, 11) is 1.62. The number of hydrogen-bond acceptors (Lipinski definition) is 4. The molecule has 0 N–H and O–H groups in total. The molecule has 0 unspecified atom stereocenters. The van der Waals surface area contributed by atoms with E-state index in [1.165, 1.54) is 0 Å². The average Bonchev–Trinajstić information content (AvgIpc) is 2.65. The molecule has 0 saturated carbocycles. The summed E-state index contributed by atoms with van der Waals surface area (Å²) in [6.45, 7) is 5.25. The maximum absolute atomic E-state index is 12.6. The lowest BCUT2D eigenvalue weighted by Gasteiger charge is -2.18. The van der Waals surface area contributed by atoms with Crippen LogP contribution in [-0.4, -0.2) is 26.1 Å². The Kier molecular flexibility index (Phi) is 5.61. The maximum atomic E-state index is 12.6. The molecule has 1 heterocycles. The lowest BCUT2D eigenvalue weighted by molar-refractivity contribution is 0.100. The second-order valence-corrected chi connectivity index (χ2v) is 6.72. The number of rotatable bonds is 6. The van der Waals surface area contributed by atoms with Crippen LogP contribution >= 0.6 is 0 Å². The molecule has 2 aromatic carbocycles. The molecule has 0 atom stereocenters. The van der Waals surface area contributed by atoms with Crippen LogP contribution in [0.2, 0.25) is 0 Å². The van der Waals surface area contributed by atoms with Crippen LogP contribution < -0.4 is 14.2 Å². The van der Waals surface area contributed by atoms with E-state index in [4.69, 9.17) is 14.2 Å². The van der Waals surface area contributed by atoms with Gasteiger partial charge >= 0.3 is 0 Å². The summed E-state index contributed by atoms with van der Waals surface area (Å²) in [6.07, 6.45) is 2.83. The maximum Gasteiger partial charge on any atom is 0.196 e. The summed E-state index contributed by atoms with van der Waals surface area (Å²) >= 11 is 0. The third-order valence-corrected chi connectivity index (χ3v) is 4.29. The van der Waals surface area contributed by atoms with Crippen LogP contribution in [0.1, 0.15) is 36.2 Å².